The first-order chi connectivity index (χ1) is 7.33. The van der Waals surface area contributed by atoms with Crippen molar-refractivity contribution in [2.24, 2.45) is 5.92 Å². The third-order valence-corrected chi connectivity index (χ3v) is 3.66. The van der Waals surface area contributed by atoms with Crippen molar-refractivity contribution in [3.05, 3.63) is 0 Å². The molecule has 0 aliphatic heterocycles. The van der Waals surface area contributed by atoms with Crippen molar-refractivity contribution in [1.82, 2.24) is 5.32 Å². The molecule has 2 atom stereocenters. The predicted octanol–water partition coefficient (Wildman–Crippen LogP) is 4.13. The van der Waals surface area contributed by atoms with Crippen LogP contribution in [0.15, 0.2) is 0 Å². The molecule has 1 nitrogen and oxygen atoms in total. The van der Waals surface area contributed by atoms with E-state index in [0.29, 0.717) is 0 Å². The van der Waals surface area contributed by atoms with Crippen molar-refractivity contribution < 1.29 is 0 Å². The summed E-state index contributed by atoms with van der Waals surface area (Å²) in [6, 6.07) is 0.843. The number of nitrogens with one attached hydrogen (secondary N) is 1. The minimum Gasteiger partial charge on any atom is -0.314 e. The van der Waals surface area contributed by atoms with Gasteiger partial charge in [0.1, 0.15) is 0 Å². The summed E-state index contributed by atoms with van der Waals surface area (Å²) in [5.74, 6) is 0.965. The maximum Gasteiger partial charge on any atom is 0.00696 e. The Balaban J connectivity index is 1.81. The third-order valence-electron chi connectivity index (χ3n) is 3.66. The van der Waals surface area contributed by atoms with E-state index in [1.807, 2.05) is 0 Å². The van der Waals surface area contributed by atoms with E-state index in [1.165, 1.54) is 64.3 Å². The molecule has 0 amide bonds. The van der Waals surface area contributed by atoms with Gasteiger partial charge in [-0.1, -0.05) is 46.0 Å². The summed E-state index contributed by atoms with van der Waals surface area (Å²) in [7, 11) is 0. The number of unbranched alkanes of at least 4 members (excludes halogenated alkanes) is 5. The van der Waals surface area contributed by atoms with E-state index in [4.69, 9.17) is 0 Å². The lowest BCUT2D eigenvalue weighted by atomic mass is 10.1. The van der Waals surface area contributed by atoms with Crippen LogP contribution < -0.4 is 5.32 Å². The van der Waals surface area contributed by atoms with Crippen molar-refractivity contribution in [2.75, 3.05) is 6.54 Å². The van der Waals surface area contributed by atoms with Gasteiger partial charge < -0.3 is 5.32 Å². The number of rotatable bonds is 8. The van der Waals surface area contributed by atoms with Gasteiger partial charge >= 0.3 is 0 Å². The summed E-state index contributed by atoms with van der Waals surface area (Å²) in [6.45, 7) is 5.92. The van der Waals surface area contributed by atoms with Crippen molar-refractivity contribution in [3.63, 3.8) is 0 Å². The summed E-state index contributed by atoms with van der Waals surface area (Å²) in [6.07, 6.45) is 12.7. The van der Waals surface area contributed by atoms with Gasteiger partial charge in [0.25, 0.3) is 0 Å². The Morgan fingerprint density at radius 3 is 2.40 bits per heavy atom. The second kappa shape index (κ2) is 8.15. The molecule has 15 heavy (non-hydrogen) atoms. The van der Waals surface area contributed by atoms with Gasteiger partial charge in [0.2, 0.25) is 0 Å². The predicted molar refractivity (Wildman–Crippen MR) is 68.2 cm³/mol. The minimum absolute atomic E-state index is 0.843. The topological polar surface area (TPSA) is 12.0 Å². The van der Waals surface area contributed by atoms with E-state index < -0.39 is 0 Å². The molecule has 1 aliphatic carbocycles. The molecule has 0 spiro atoms. The Labute approximate surface area is 96.0 Å². The maximum absolute atomic E-state index is 3.70. The molecule has 1 N–H and O–H groups in total. The fourth-order valence-electron chi connectivity index (χ4n) is 2.60. The second-order valence-corrected chi connectivity index (χ2v) is 5.34. The monoisotopic (exact) mass is 211 g/mol. The van der Waals surface area contributed by atoms with Gasteiger partial charge in [0, 0.05) is 6.04 Å². The second-order valence-electron chi connectivity index (χ2n) is 5.34. The maximum atomic E-state index is 3.70. The molecule has 0 aromatic rings. The van der Waals surface area contributed by atoms with Crippen molar-refractivity contribution in [3.8, 4) is 0 Å². The van der Waals surface area contributed by atoms with Gasteiger partial charge in [-0.05, 0) is 38.1 Å². The highest BCUT2D eigenvalue weighted by molar-refractivity contribution is 4.77. The first-order valence-electron chi connectivity index (χ1n) is 7.06. The lowest BCUT2D eigenvalue weighted by molar-refractivity contribution is 0.483. The molecule has 1 rings (SSSR count). The van der Waals surface area contributed by atoms with Gasteiger partial charge in [-0.15, -0.1) is 0 Å². The average Bonchev–Trinajstić information content (AvgIpc) is 2.63. The molecule has 1 fully saturated rings. The van der Waals surface area contributed by atoms with Crippen molar-refractivity contribution in [2.45, 2.75) is 77.7 Å². The van der Waals surface area contributed by atoms with Gasteiger partial charge in [0.05, 0.1) is 0 Å². The Morgan fingerprint density at radius 1 is 1.00 bits per heavy atom. The molecule has 0 aromatic heterocycles. The minimum atomic E-state index is 0.843. The van der Waals surface area contributed by atoms with E-state index in [-0.39, 0.29) is 0 Å². The molecular weight excluding hydrogens is 182 g/mol. The lowest BCUT2D eigenvalue weighted by Crippen LogP contribution is -2.27. The molecule has 1 aliphatic rings. The number of hydrogen-bond acceptors (Lipinski definition) is 1. The van der Waals surface area contributed by atoms with Crippen LogP contribution in [0, 0.1) is 5.92 Å². The smallest absolute Gasteiger partial charge is 0.00696 e. The van der Waals surface area contributed by atoms with Crippen LogP contribution in [-0.4, -0.2) is 12.6 Å². The molecule has 1 saturated carbocycles. The van der Waals surface area contributed by atoms with Crippen molar-refractivity contribution in [1.29, 1.82) is 0 Å². The van der Waals surface area contributed by atoms with E-state index in [0.717, 1.165) is 12.0 Å². The summed E-state index contributed by atoms with van der Waals surface area (Å²) in [5.41, 5.74) is 0. The molecule has 0 heterocycles. The number of hydrogen-bond donors (Lipinski definition) is 1. The zero-order valence-electron chi connectivity index (χ0n) is 10.7. The van der Waals surface area contributed by atoms with Crippen LogP contribution in [0.5, 0.6) is 0 Å². The summed E-state index contributed by atoms with van der Waals surface area (Å²) in [5, 5.41) is 3.70. The highest BCUT2D eigenvalue weighted by Crippen LogP contribution is 2.24. The summed E-state index contributed by atoms with van der Waals surface area (Å²) in [4.78, 5) is 0. The van der Waals surface area contributed by atoms with Gasteiger partial charge in [0.15, 0.2) is 0 Å². The Hall–Kier alpha value is -0.0400. The molecule has 1 heteroatoms. The standard InChI is InChI=1S/C14H29N/c1-3-4-5-6-7-8-11-15-14-10-9-13(2)12-14/h13-15H,3-12H2,1-2H3. The van der Waals surface area contributed by atoms with Crippen LogP contribution in [0.25, 0.3) is 0 Å². The summed E-state index contributed by atoms with van der Waals surface area (Å²) >= 11 is 0. The van der Waals surface area contributed by atoms with Gasteiger partial charge in [-0.25, -0.2) is 0 Å². The molecule has 0 radical (unpaired) electrons. The van der Waals surface area contributed by atoms with Crippen LogP contribution in [0.3, 0.4) is 0 Å². The Kier molecular flexibility index (Phi) is 7.08. The quantitative estimate of drug-likeness (QED) is 0.595. The van der Waals surface area contributed by atoms with E-state index in [9.17, 15) is 0 Å². The van der Waals surface area contributed by atoms with Crippen molar-refractivity contribution >= 4 is 0 Å². The fraction of sp³-hybridized carbons (Fsp3) is 1.00. The highest BCUT2D eigenvalue weighted by Gasteiger charge is 2.19. The fourth-order valence-corrected chi connectivity index (χ4v) is 2.60. The normalized spacial score (nSPS) is 26.0. The molecule has 0 bridgehead atoms. The average molecular weight is 211 g/mol. The molecule has 0 aromatic carbocycles. The van der Waals surface area contributed by atoms with E-state index in [1.54, 1.807) is 0 Å². The molecule has 2 unspecified atom stereocenters. The van der Waals surface area contributed by atoms with Crippen LogP contribution in [0.4, 0.5) is 0 Å². The van der Waals surface area contributed by atoms with E-state index in [2.05, 4.69) is 19.2 Å². The van der Waals surface area contributed by atoms with Crippen LogP contribution in [0.1, 0.15) is 71.6 Å². The van der Waals surface area contributed by atoms with Crippen LogP contribution in [0.2, 0.25) is 0 Å². The third kappa shape index (κ3) is 6.19. The first kappa shape index (κ1) is 13.0. The Morgan fingerprint density at radius 2 is 1.73 bits per heavy atom. The zero-order chi connectivity index (χ0) is 10.9. The largest absolute Gasteiger partial charge is 0.314 e. The summed E-state index contributed by atoms with van der Waals surface area (Å²) < 4.78 is 0. The zero-order valence-corrected chi connectivity index (χ0v) is 10.7. The SMILES string of the molecule is CCCCCCCCNC1CCC(C)C1. The highest BCUT2D eigenvalue weighted by atomic mass is 14.9. The molecule has 0 saturated heterocycles. The molecule has 90 valence electrons. The van der Waals surface area contributed by atoms with Gasteiger partial charge in [-0.3, -0.25) is 0 Å². The molecular formula is C14H29N. The van der Waals surface area contributed by atoms with Crippen LogP contribution >= 0.6 is 0 Å². The van der Waals surface area contributed by atoms with Gasteiger partial charge in [-0.2, -0.15) is 0 Å². The van der Waals surface area contributed by atoms with Crippen LogP contribution in [-0.2, 0) is 0 Å². The lowest BCUT2D eigenvalue weighted by Gasteiger charge is -2.11. The first-order valence-corrected chi connectivity index (χ1v) is 7.06. The van der Waals surface area contributed by atoms with E-state index >= 15 is 0 Å². The Bertz CT molecular complexity index is 144.